The molecule has 0 bridgehead atoms. The number of para-hydroxylation sites is 1. The van der Waals surface area contributed by atoms with Crippen molar-refractivity contribution in [3.05, 3.63) is 54.2 Å². The Kier molecular flexibility index (Phi) is 3.97. The van der Waals surface area contributed by atoms with E-state index in [1.807, 2.05) is 55.6 Å². The summed E-state index contributed by atoms with van der Waals surface area (Å²) in [6.45, 7) is 0.643. The van der Waals surface area contributed by atoms with Crippen LogP contribution in [0.1, 0.15) is 5.69 Å². The maximum Gasteiger partial charge on any atom is 0.125 e. The number of hydrogen-bond acceptors (Lipinski definition) is 3. The number of pyridine rings is 1. The van der Waals surface area contributed by atoms with Crippen LogP contribution in [-0.4, -0.2) is 18.6 Å². The molecule has 3 nitrogen and oxygen atoms in total. The molecule has 0 aliphatic heterocycles. The highest BCUT2D eigenvalue weighted by Gasteiger charge is 1.97. The molecule has 0 fully saturated rings. The molecular weight excluding hydrogens is 212 g/mol. The van der Waals surface area contributed by atoms with Crippen molar-refractivity contribution in [2.75, 3.05) is 19.0 Å². The van der Waals surface area contributed by atoms with E-state index < -0.39 is 0 Å². The summed E-state index contributed by atoms with van der Waals surface area (Å²) in [5.74, 6) is 1.79. The van der Waals surface area contributed by atoms with Crippen molar-refractivity contribution in [2.45, 2.75) is 6.42 Å². The molecule has 0 aliphatic rings. The zero-order valence-electron chi connectivity index (χ0n) is 9.89. The third kappa shape index (κ3) is 3.48. The van der Waals surface area contributed by atoms with Crippen LogP contribution in [0.3, 0.4) is 0 Å². The average Bonchev–Trinajstić information content (AvgIpc) is 2.40. The summed E-state index contributed by atoms with van der Waals surface area (Å²) in [5, 5.41) is 3.02. The SMILES string of the molecule is CNc1cccc(CCOc2ccccc2)n1. The van der Waals surface area contributed by atoms with Gasteiger partial charge in [0.2, 0.25) is 0 Å². The van der Waals surface area contributed by atoms with E-state index in [1.165, 1.54) is 0 Å². The maximum atomic E-state index is 5.62. The normalized spacial score (nSPS) is 9.94. The van der Waals surface area contributed by atoms with Crippen molar-refractivity contribution < 1.29 is 4.74 Å². The van der Waals surface area contributed by atoms with Gasteiger partial charge in [-0.1, -0.05) is 24.3 Å². The Morgan fingerprint density at radius 3 is 2.65 bits per heavy atom. The number of hydrogen-bond donors (Lipinski definition) is 1. The lowest BCUT2D eigenvalue weighted by Gasteiger charge is -2.06. The Labute approximate surface area is 101 Å². The summed E-state index contributed by atoms with van der Waals surface area (Å²) < 4.78 is 5.62. The molecule has 1 N–H and O–H groups in total. The lowest BCUT2D eigenvalue weighted by molar-refractivity contribution is 0.320. The van der Waals surface area contributed by atoms with Gasteiger partial charge in [-0.2, -0.15) is 0 Å². The second kappa shape index (κ2) is 5.89. The lowest BCUT2D eigenvalue weighted by Crippen LogP contribution is -2.04. The van der Waals surface area contributed by atoms with Crippen molar-refractivity contribution in [3.8, 4) is 5.75 Å². The molecule has 0 saturated heterocycles. The maximum absolute atomic E-state index is 5.62. The number of nitrogens with one attached hydrogen (secondary N) is 1. The minimum atomic E-state index is 0.643. The third-order valence-corrected chi connectivity index (χ3v) is 2.43. The molecule has 2 aromatic rings. The van der Waals surface area contributed by atoms with Crippen LogP contribution in [0.2, 0.25) is 0 Å². The van der Waals surface area contributed by atoms with Gasteiger partial charge in [0, 0.05) is 19.2 Å². The Morgan fingerprint density at radius 2 is 1.88 bits per heavy atom. The van der Waals surface area contributed by atoms with Crippen LogP contribution < -0.4 is 10.1 Å². The van der Waals surface area contributed by atoms with Gasteiger partial charge < -0.3 is 10.1 Å². The van der Waals surface area contributed by atoms with Gasteiger partial charge in [0.15, 0.2) is 0 Å². The highest BCUT2D eigenvalue weighted by Crippen LogP contribution is 2.09. The Hall–Kier alpha value is -2.03. The molecule has 1 heterocycles. The highest BCUT2D eigenvalue weighted by atomic mass is 16.5. The van der Waals surface area contributed by atoms with E-state index >= 15 is 0 Å². The number of anilines is 1. The van der Waals surface area contributed by atoms with Gasteiger partial charge in [0.25, 0.3) is 0 Å². The van der Waals surface area contributed by atoms with Crippen LogP contribution in [0.4, 0.5) is 5.82 Å². The average molecular weight is 228 g/mol. The monoisotopic (exact) mass is 228 g/mol. The van der Waals surface area contributed by atoms with E-state index in [0.717, 1.165) is 23.7 Å². The van der Waals surface area contributed by atoms with Crippen molar-refractivity contribution in [1.82, 2.24) is 4.98 Å². The molecular formula is C14H16N2O. The molecule has 0 saturated carbocycles. The predicted octanol–water partition coefficient (Wildman–Crippen LogP) is 2.74. The van der Waals surface area contributed by atoms with Crippen LogP contribution in [-0.2, 0) is 6.42 Å². The first kappa shape index (κ1) is 11.5. The fraction of sp³-hybridized carbons (Fsp3) is 0.214. The molecule has 0 atom stereocenters. The van der Waals surface area contributed by atoms with Crippen LogP contribution >= 0.6 is 0 Å². The summed E-state index contributed by atoms with van der Waals surface area (Å²) in [7, 11) is 1.87. The molecule has 3 heteroatoms. The number of ether oxygens (including phenoxy) is 1. The molecule has 0 amide bonds. The van der Waals surface area contributed by atoms with Crippen molar-refractivity contribution >= 4 is 5.82 Å². The number of aromatic nitrogens is 1. The zero-order chi connectivity index (χ0) is 11.9. The second-order valence-electron chi connectivity index (χ2n) is 3.68. The third-order valence-electron chi connectivity index (χ3n) is 2.43. The summed E-state index contributed by atoms with van der Waals surface area (Å²) >= 11 is 0. The number of benzene rings is 1. The minimum Gasteiger partial charge on any atom is -0.493 e. The van der Waals surface area contributed by atoms with Crippen molar-refractivity contribution in [2.24, 2.45) is 0 Å². The van der Waals surface area contributed by atoms with Crippen LogP contribution in [0, 0.1) is 0 Å². The highest BCUT2D eigenvalue weighted by molar-refractivity contribution is 5.34. The standard InChI is InChI=1S/C14H16N2O/c1-15-14-9-5-6-12(16-14)10-11-17-13-7-3-2-4-8-13/h2-9H,10-11H2,1H3,(H,15,16). The first-order valence-corrected chi connectivity index (χ1v) is 5.70. The summed E-state index contributed by atoms with van der Waals surface area (Å²) in [4.78, 5) is 4.43. The molecule has 1 aromatic heterocycles. The van der Waals surface area contributed by atoms with Crippen LogP contribution in [0.25, 0.3) is 0 Å². The Bertz CT molecular complexity index is 457. The molecule has 0 aliphatic carbocycles. The molecule has 88 valence electrons. The van der Waals surface area contributed by atoms with Gasteiger partial charge in [-0.3, -0.25) is 0 Å². The molecule has 0 unspecified atom stereocenters. The minimum absolute atomic E-state index is 0.643. The fourth-order valence-electron chi connectivity index (χ4n) is 1.55. The number of nitrogens with zero attached hydrogens (tertiary/aromatic N) is 1. The van der Waals surface area contributed by atoms with E-state index in [-0.39, 0.29) is 0 Å². The molecule has 17 heavy (non-hydrogen) atoms. The first-order valence-electron chi connectivity index (χ1n) is 5.70. The fourth-order valence-corrected chi connectivity index (χ4v) is 1.55. The lowest BCUT2D eigenvalue weighted by atomic mass is 10.3. The van der Waals surface area contributed by atoms with Crippen molar-refractivity contribution in [1.29, 1.82) is 0 Å². The van der Waals surface area contributed by atoms with E-state index in [9.17, 15) is 0 Å². The van der Waals surface area contributed by atoms with Gasteiger partial charge in [-0.25, -0.2) is 4.98 Å². The summed E-state index contributed by atoms with van der Waals surface area (Å²) in [5.41, 5.74) is 1.03. The van der Waals surface area contributed by atoms with E-state index in [4.69, 9.17) is 4.74 Å². The van der Waals surface area contributed by atoms with E-state index in [1.54, 1.807) is 0 Å². The molecule has 2 rings (SSSR count). The molecule has 0 spiro atoms. The van der Waals surface area contributed by atoms with Gasteiger partial charge in [-0.15, -0.1) is 0 Å². The van der Waals surface area contributed by atoms with Gasteiger partial charge in [0.1, 0.15) is 11.6 Å². The topological polar surface area (TPSA) is 34.1 Å². The summed E-state index contributed by atoms with van der Waals surface area (Å²) in [6, 6.07) is 15.8. The molecule has 0 radical (unpaired) electrons. The van der Waals surface area contributed by atoms with Gasteiger partial charge in [0.05, 0.1) is 6.61 Å². The Morgan fingerprint density at radius 1 is 1.06 bits per heavy atom. The number of rotatable bonds is 5. The van der Waals surface area contributed by atoms with E-state index in [2.05, 4.69) is 10.3 Å². The Balaban J connectivity index is 1.86. The largest absolute Gasteiger partial charge is 0.493 e. The zero-order valence-corrected chi connectivity index (χ0v) is 9.89. The second-order valence-corrected chi connectivity index (χ2v) is 3.68. The van der Waals surface area contributed by atoms with Crippen molar-refractivity contribution in [3.63, 3.8) is 0 Å². The predicted molar refractivity (Wildman–Crippen MR) is 69.4 cm³/mol. The summed E-state index contributed by atoms with van der Waals surface area (Å²) in [6.07, 6.45) is 0.810. The quantitative estimate of drug-likeness (QED) is 0.854. The van der Waals surface area contributed by atoms with Gasteiger partial charge >= 0.3 is 0 Å². The van der Waals surface area contributed by atoms with Crippen LogP contribution in [0.15, 0.2) is 48.5 Å². The first-order chi connectivity index (χ1) is 8.38. The van der Waals surface area contributed by atoms with Crippen LogP contribution in [0.5, 0.6) is 5.75 Å². The smallest absolute Gasteiger partial charge is 0.125 e. The molecule has 1 aromatic carbocycles. The van der Waals surface area contributed by atoms with E-state index in [0.29, 0.717) is 6.61 Å². The van der Waals surface area contributed by atoms with Gasteiger partial charge in [-0.05, 0) is 24.3 Å².